The molecule has 1 aromatic heterocycles. The minimum Gasteiger partial charge on any atom is -0.310 e. The van der Waals surface area contributed by atoms with E-state index in [1.807, 2.05) is 12.3 Å². The molecule has 0 amide bonds. The van der Waals surface area contributed by atoms with E-state index in [0.717, 1.165) is 11.3 Å². The molecular formula is C16H17FN2OS. The summed E-state index contributed by atoms with van der Waals surface area (Å²) < 4.78 is 28.0. The number of nitrogens with one attached hydrogen (secondary N) is 1. The first-order valence-corrected chi connectivity index (χ1v) is 8.92. The maximum Gasteiger partial charge on any atom is 0.147 e. The van der Waals surface area contributed by atoms with Crippen molar-refractivity contribution in [3.05, 3.63) is 47.9 Å². The number of anilines is 1. The molecule has 1 saturated carbocycles. The van der Waals surface area contributed by atoms with Gasteiger partial charge in [-0.05, 0) is 54.5 Å². The van der Waals surface area contributed by atoms with E-state index in [1.165, 1.54) is 30.7 Å². The first kappa shape index (κ1) is 14.1. The number of nitrogens with zero attached hydrogens (tertiary/aromatic N) is 1. The van der Waals surface area contributed by atoms with E-state index in [9.17, 15) is 8.60 Å². The molecule has 0 spiro atoms. The second kappa shape index (κ2) is 5.15. The van der Waals surface area contributed by atoms with Crippen LogP contribution in [0.1, 0.15) is 24.3 Å². The van der Waals surface area contributed by atoms with Gasteiger partial charge in [-0.1, -0.05) is 6.07 Å². The molecule has 0 bridgehead atoms. The third kappa shape index (κ3) is 3.42. The lowest BCUT2D eigenvalue weighted by Crippen LogP contribution is -2.10. The average Bonchev–Trinajstić information content (AvgIpc) is 3.24. The van der Waals surface area contributed by atoms with Crippen molar-refractivity contribution in [3.63, 3.8) is 0 Å². The Hall–Kier alpha value is -1.88. The quantitative estimate of drug-likeness (QED) is 0.879. The van der Waals surface area contributed by atoms with Crippen LogP contribution in [0, 0.1) is 5.82 Å². The second-order valence-electron chi connectivity index (χ2n) is 5.55. The third-order valence-corrected chi connectivity index (χ3v) is 4.07. The standard InChI is InChI=1S/C16H17FN2OS/c1-21(2,20)19-16-9-12(5-7-14(16)17)15-8-6-13(10-18-15)11-3-4-11/h5-11H,1,3-4H2,2H3,(H,19,20). The van der Waals surface area contributed by atoms with Gasteiger partial charge < -0.3 is 4.72 Å². The molecule has 1 heterocycles. The monoisotopic (exact) mass is 304 g/mol. The van der Waals surface area contributed by atoms with Crippen LogP contribution >= 0.6 is 0 Å². The Labute approximate surface area is 124 Å². The molecule has 1 unspecified atom stereocenters. The van der Waals surface area contributed by atoms with Crippen molar-refractivity contribution in [1.29, 1.82) is 0 Å². The van der Waals surface area contributed by atoms with E-state index in [1.54, 1.807) is 12.1 Å². The first-order valence-electron chi connectivity index (χ1n) is 6.78. The molecule has 0 aliphatic heterocycles. The summed E-state index contributed by atoms with van der Waals surface area (Å²) in [5.41, 5.74) is 3.00. The van der Waals surface area contributed by atoms with E-state index in [4.69, 9.17) is 0 Å². The predicted molar refractivity (Wildman–Crippen MR) is 86.4 cm³/mol. The van der Waals surface area contributed by atoms with Crippen LogP contribution in [-0.2, 0) is 9.71 Å². The smallest absolute Gasteiger partial charge is 0.147 e. The summed E-state index contributed by atoms with van der Waals surface area (Å²) >= 11 is 0. The fourth-order valence-corrected chi connectivity index (χ4v) is 2.85. The van der Waals surface area contributed by atoms with Crippen molar-refractivity contribution in [1.82, 2.24) is 4.98 Å². The van der Waals surface area contributed by atoms with E-state index in [2.05, 4.69) is 21.6 Å². The third-order valence-electron chi connectivity index (χ3n) is 3.42. The van der Waals surface area contributed by atoms with Gasteiger partial charge in [-0.15, -0.1) is 0 Å². The van der Waals surface area contributed by atoms with Gasteiger partial charge in [0.05, 0.1) is 11.4 Å². The summed E-state index contributed by atoms with van der Waals surface area (Å²) in [6, 6.07) is 8.64. The highest BCUT2D eigenvalue weighted by atomic mass is 32.2. The van der Waals surface area contributed by atoms with Crippen LogP contribution in [0.5, 0.6) is 0 Å². The van der Waals surface area contributed by atoms with Gasteiger partial charge in [0, 0.05) is 27.7 Å². The lowest BCUT2D eigenvalue weighted by Gasteiger charge is -2.10. The Morgan fingerprint density at radius 3 is 2.67 bits per heavy atom. The molecule has 110 valence electrons. The molecular weight excluding hydrogens is 287 g/mol. The van der Waals surface area contributed by atoms with Crippen LogP contribution in [0.15, 0.2) is 36.5 Å². The van der Waals surface area contributed by atoms with Gasteiger partial charge in [0.1, 0.15) is 5.82 Å². The molecule has 1 aliphatic carbocycles. The Balaban J connectivity index is 1.92. The number of benzene rings is 1. The zero-order valence-electron chi connectivity index (χ0n) is 11.8. The summed E-state index contributed by atoms with van der Waals surface area (Å²) in [4.78, 5) is 4.44. The van der Waals surface area contributed by atoms with Crippen molar-refractivity contribution in [2.75, 3.05) is 11.0 Å². The Kier molecular flexibility index (Phi) is 3.45. The van der Waals surface area contributed by atoms with Crippen LogP contribution in [0.4, 0.5) is 10.1 Å². The largest absolute Gasteiger partial charge is 0.310 e. The molecule has 1 aliphatic rings. The van der Waals surface area contributed by atoms with Gasteiger partial charge in [0.2, 0.25) is 0 Å². The van der Waals surface area contributed by atoms with Crippen molar-refractivity contribution < 1.29 is 8.60 Å². The minimum atomic E-state index is -2.52. The topological polar surface area (TPSA) is 42.0 Å². The highest BCUT2D eigenvalue weighted by molar-refractivity contribution is 8.00. The van der Waals surface area contributed by atoms with Gasteiger partial charge in [-0.3, -0.25) is 4.98 Å². The summed E-state index contributed by atoms with van der Waals surface area (Å²) in [7, 11) is -2.52. The van der Waals surface area contributed by atoms with Gasteiger partial charge >= 0.3 is 0 Å². The lowest BCUT2D eigenvalue weighted by atomic mass is 10.1. The minimum absolute atomic E-state index is 0.183. The normalized spacial score (nSPS) is 17.2. The van der Waals surface area contributed by atoms with Gasteiger partial charge in [0.15, 0.2) is 0 Å². The van der Waals surface area contributed by atoms with E-state index >= 15 is 0 Å². The van der Waals surface area contributed by atoms with Crippen molar-refractivity contribution in [2.45, 2.75) is 18.8 Å². The Bertz CT molecular complexity index is 765. The number of hydrogen-bond donors (Lipinski definition) is 1. The molecule has 1 atom stereocenters. The predicted octanol–water partition coefficient (Wildman–Crippen LogP) is 3.44. The fourth-order valence-electron chi connectivity index (χ4n) is 2.23. The van der Waals surface area contributed by atoms with E-state index in [0.29, 0.717) is 5.92 Å². The number of pyridine rings is 1. The number of halogens is 1. The maximum atomic E-state index is 13.8. The number of aromatic nitrogens is 1. The van der Waals surface area contributed by atoms with Crippen LogP contribution in [-0.4, -0.2) is 21.3 Å². The Morgan fingerprint density at radius 2 is 2.10 bits per heavy atom. The highest BCUT2D eigenvalue weighted by Gasteiger charge is 2.23. The summed E-state index contributed by atoms with van der Waals surface area (Å²) in [5.74, 6) is 3.69. The average molecular weight is 304 g/mol. The van der Waals surface area contributed by atoms with Crippen LogP contribution in [0.3, 0.4) is 0 Å². The highest BCUT2D eigenvalue weighted by Crippen LogP contribution is 2.40. The summed E-state index contributed by atoms with van der Waals surface area (Å²) in [5, 5.41) is 0. The van der Waals surface area contributed by atoms with E-state index in [-0.39, 0.29) is 5.69 Å². The molecule has 21 heavy (non-hydrogen) atoms. The van der Waals surface area contributed by atoms with E-state index < -0.39 is 15.5 Å². The van der Waals surface area contributed by atoms with Crippen molar-refractivity contribution in [2.24, 2.45) is 0 Å². The first-order chi connectivity index (χ1) is 9.92. The van der Waals surface area contributed by atoms with Crippen LogP contribution in [0.2, 0.25) is 0 Å². The fraction of sp³-hybridized carbons (Fsp3) is 0.250. The van der Waals surface area contributed by atoms with Crippen molar-refractivity contribution in [3.8, 4) is 11.3 Å². The molecule has 3 rings (SSSR count). The molecule has 1 aromatic carbocycles. The number of rotatable bonds is 4. The zero-order chi connectivity index (χ0) is 15.0. The van der Waals surface area contributed by atoms with Gasteiger partial charge in [-0.25, -0.2) is 8.60 Å². The van der Waals surface area contributed by atoms with Crippen molar-refractivity contribution >= 4 is 21.3 Å². The number of hydrogen-bond acceptors (Lipinski definition) is 2. The van der Waals surface area contributed by atoms with Crippen LogP contribution in [0.25, 0.3) is 11.3 Å². The summed E-state index contributed by atoms with van der Waals surface area (Å²) in [6.07, 6.45) is 5.79. The molecule has 5 heteroatoms. The lowest BCUT2D eigenvalue weighted by molar-refractivity contribution is 0.632. The maximum absolute atomic E-state index is 13.8. The van der Waals surface area contributed by atoms with Crippen LogP contribution < -0.4 is 4.72 Å². The van der Waals surface area contributed by atoms with Gasteiger partial charge in [0.25, 0.3) is 0 Å². The molecule has 3 nitrogen and oxygen atoms in total. The molecule has 0 radical (unpaired) electrons. The zero-order valence-corrected chi connectivity index (χ0v) is 12.6. The molecule has 1 fully saturated rings. The molecule has 2 aromatic rings. The molecule has 0 saturated heterocycles. The molecule has 1 N–H and O–H groups in total. The SMILES string of the molecule is C=S(C)(=O)Nc1cc(-c2ccc(C3CC3)cn2)ccc1F. The van der Waals surface area contributed by atoms with Gasteiger partial charge in [-0.2, -0.15) is 0 Å². The second-order valence-corrected chi connectivity index (χ2v) is 7.77. The summed E-state index contributed by atoms with van der Waals surface area (Å²) in [6.45, 7) is 0. The Morgan fingerprint density at radius 1 is 1.33 bits per heavy atom.